The Kier molecular flexibility index (Phi) is 4.63. The average Bonchev–Trinajstić information content (AvgIpc) is 3.19. The molecular weight excluding hydrogens is 266 g/mol. The Morgan fingerprint density at radius 2 is 2.10 bits per heavy atom. The van der Waals surface area contributed by atoms with E-state index >= 15 is 0 Å². The molecule has 0 radical (unpaired) electrons. The van der Waals surface area contributed by atoms with Crippen LogP contribution in [-0.4, -0.2) is 28.5 Å². The molecule has 21 heavy (non-hydrogen) atoms. The summed E-state index contributed by atoms with van der Waals surface area (Å²) in [6.07, 6.45) is 9.34. The van der Waals surface area contributed by atoms with Crippen molar-refractivity contribution in [3.05, 3.63) is 24.2 Å². The third kappa shape index (κ3) is 3.31. The fourth-order valence-electron chi connectivity index (χ4n) is 3.81. The monoisotopic (exact) mass is 291 g/mol. The van der Waals surface area contributed by atoms with Crippen molar-refractivity contribution in [2.24, 2.45) is 5.92 Å². The van der Waals surface area contributed by atoms with Gasteiger partial charge in [-0.1, -0.05) is 19.3 Å². The zero-order chi connectivity index (χ0) is 14.7. The van der Waals surface area contributed by atoms with E-state index in [0.717, 1.165) is 32.2 Å². The standard InChI is InChI=1S/C17H25NO3/c19-15(16-9-5-11-21-16)12-14-8-4-10-18(14)17(20)13-6-2-1-3-7-13/h5,9,11,13-15,19H,1-4,6-8,10,12H2. The maximum atomic E-state index is 12.7. The topological polar surface area (TPSA) is 53.7 Å². The van der Waals surface area contributed by atoms with Gasteiger partial charge in [0.2, 0.25) is 5.91 Å². The number of amides is 1. The molecule has 1 aromatic rings. The minimum atomic E-state index is -0.607. The molecule has 2 heterocycles. The van der Waals surface area contributed by atoms with Crippen molar-refractivity contribution in [1.29, 1.82) is 0 Å². The van der Waals surface area contributed by atoms with E-state index in [0.29, 0.717) is 18.1 Å². The number of hydrogen-bond acceptors (Lipinski definition) is 3. The number of furan rings is 1. The van der Waals surface area contributed by atoms with Gasteiger partial charge in [0.25, 0.3) is 0 Å². The Bertz CT molecular complexity index is 451. The summed E-state index contributed by atoms with van der Waals surface area (Å²) >= 11 is 0. The predicted molar refractivity (Wildman–Crippen MR) is 79.6 cm³/mol. The molecule has 2 atom stereocenters. The van der Waals surface area contributed by atoms with E-state index in [2.05, 4.69) is 0 Å². The lowest BCUT2D eigenvalue weighted by atomic mass is 9.88. The Labute approximate surface area is 126 Å². The largest absolute Gasteiger partial charge is 0.467 e. The van der Waals surface area contributed by atoms with Crippen LogP contribution in [0.3, 0.4) is 0 Å². The molecule has 2 aliphatic rings. The first-order chi connectivity index (χ1) is 10.3. The summed E-state index contributed by atoms with van der Waals surface area (Å²) in [4.78, 5) is 14.7. The summed E-state index contributed by atoms with van der Waals surface area (Å²) in [5, 5.41) is 10.2. The predicted octanol–water partition coefficient (Wildman–Crippen LogP) is 3.27. The highest BCUT2D eigenvalue weighted by Gasteiger charge is 2.34. The van der Waals surface area contributed by atoms with Crippen molar-refractivity contribution in [3.8, 4) is 0 Å². The number of aliphatic hydroxyl groups excluding tert-OH is 1. The molecular formula is C17H25NO3. The third-order valence-electron chi connectivity index (χ3n) is 4.98. The molecule has 0 aromatic carbocycles. The van der Waals surface area contributed by atoms with Crippen molar-refractivity contribution in [1.82, 2.24) is 4.90 Å². The third-order valence-corrected chi connectivity index (χ3v) is 4.98. The first-order valence-electron chi connectivity index (χ1n) is 8.27. The summed E-state index contributed by atoms with van der Waals surface area (Å²) < 4.78 is 5.26. The van der Waals surface area contributed by atoms with Crippen LogP contribution in [0.15, 0.2) is 22.8 Å². The molecule has 2 fully saturated rings. The highest BCUT2D eigenvalue weighted by atomic mass is 16.4. The normalized spacial score (nSPS) is 25.2. The number of hydrogen-bond donors (Lipinski definition) is 1. The lowest BCUT2D eigenvalue weighted by molar-refractivity contribution is -0.137. The van der Waals surface area contributed by atoms with Gasteiger partial charge in [-0.3, -0.25) is 4.79 Å². The second-order valence-electron chi connectivity index (χ2n) is 6.43. The van der Waals surface area contributed by atoms with Crippen LogP contribution >= 0.6 is 0 Å². The molecule has 1 aromatic heterocycles. The van der Waals surface area contributed by atoms with Gasteiger partial charge in [-0.25, -0.2) is 0 Å². The summed E-state index contributed by atoms with van der Waals surface area (Å²) in [7, 11) is 0. The Hall–Kier alpha value is -1.29. The molecule has 116 valence electrons. The van der Waals surface area contributed by atoms with Crippen LogP contribution in [0.4, 0.5) is 0 Å². The van der Waals surface area contributed by atoms with Crippen LogP contribution in [-0.2, 0) is 4.79 Å². The van der Waals surface area contributed by atoms with Gasteiger partial charge in [-0.15, -0.1) is 0 Å². The van der Waals surface area contributed by atoms with Crippen LogP contribution in [0.1, 0.15) is 63.2 Å². The minimum absolute atomic E-state index is 0.166. The van der Waals surface area contributed by atoms with Crippen LogP contribution in [0.25, 0.3) is 0 Å². The van der Waals surface area contributed by atoms with Gasteiger partial charge in [0.15, 0.2) is 0 Å². The zero-order valence-electron chi connectivity index (χ0n) is 12.5. The molecule has 1 N–H and O–H groups in total. The van der Waals surface area contributed by atoms with Gasteiger partial charge in [0.1, 0.15) is 11.9 Å². The number of aliphatic hydroxyl groups is 1. The number of carbonyl (C=O) groups excluding carboxylic acids is 1. The quantitative estimate of drug-likeness (QED) is 0.926. The molecule has 1 amide bonds. The summed E-state index contributed by atoms with van der Waals surface area (Å²) in [6, 6.07) is 3.75. The van der Waals surface area contributed by atoms with Gasteiger partial charge in [0.05, 0.1) is 6.26 Å². The smallest absolute Gasteiger partial charge is 0.225 e. The van der Waals surface area contributed by atoms with E-state index in [1.807, 2.05) is 4.90 Å². The van der Waals surface area contributed by atoms with Gasteiger partial charge < -0.3 is 14.4 Å². The van der Waals surface area contributed by atoms with E-state index in [1.54, 1.807) is 18.4 Å². The zero-order valence-corrected chi connectivity index (χ0v) is 12.5. The first-order valence-corrected chi connectivity index (χ1v) is 8.27. The van der Waals surface area contributed by atoms with E-state index in [-0.39, 0.29) is 12.0 Å². The number of likely N-dealkylation sites (tertiary alicyclic amines) is 1. The molecule has 4 nitrogen and oxygen atoms in total. The molecule has 0 spiro atoms. The summed E-state index contributed by atoms with van der Waals surface area (Å²) in [6.45, 7) is 0.852. The van der Waals surface area contributed by atoms with Crippen LogP contribution < -0.4 is 0 Å². The van der Waals surface area contributed by atoms with Gasteiger partial charge in [-0.05, 0) is 37.8 Å². The van der Waals surface area contributed by atoms with Gasteiger partial charge >= 0.3 is 0 Å². The molecule has 1 aliphatic carbocycles. The molecule has 4 heteroatoms. The molecule has 1 saturated carbocycles. The molecule has 1 aliphatic heterocycles. The van der Waals surface area contributed by atoms with E-state index < -0.39 is 6.10 Å². The van der Waals surface area contributed by atoms with Crippen LogP contribution in [0.2, 0.25) is 0 Å². The Morgan fingerprint density at radius 3 is 2.81 bits per heavy atom. The second-order valence-corrected chi connectivity index (χ2v) is 6.43. The van der Waals surface area contributed by atoms with Crippen molar-refractivity contribution in [2.45, 2.75) is 63.5 Å². The minimum Gasteiger partial charge on any atom is -0.467 e. The first kappa shape index (κ1) is 14.6. The molecule has 2 unspecified atom stereocenters. The van der Waals surface area contributed by atoms with Crippen molar-refractivity contribution in [2.75, 3.05) is 6.54 Å². The van der Waals surface area contributed by atoms with Crippen molar-refractivity contribution in [3.63, 3.8) is 0 Å². The van der Waals surface area contributed by atoms with Crippen molar-refractivity contribution < 1.29 is 14.3 Å². The van der Waals surface area contributed by atoms with E-state index in [1.165, 1.54) is 19.3 Å². The van der Waals surface area contributed by atoms with Gasteiger partial charge in [-0.2, -0.15) is 0 Å². The van der Waals surface area contributed by atoms with Gasteiger partial charge in [0, 0.05) is 24.9 Å². The second kappa shape index (κ2) is 6.65. The highest BCUT2D eigenvalue weighted by Crippen LogP contribution is 2.32. The number of carbonyl (C=O) groups is 1. The molecule has 1 saturated heterocycles. The lowest BCUT2D eigenvalue weighted by Gasteiger charge is -2.31. The SMILES string of the molecule is O=C(C1CCCCC1)N1CCCC1CC(O)c1ccco1. The molecule has 0 bridgehead atoms. The number of nitrogens with zero attached hydrogens (tertiary/aromatic N) is 1. The number of rotatable bonds is 4. The van der Waals surface area contributed by atoms with Crippen molar-refractivity contribution >= 4 is 5.91 Å². The highest BCUT2D eigenvalue weighted by molar-refractivity contribution is 5.79. The van der Waals surface area contributed by atoms with Crippen LogP contribution in [0, 0.1) is 5.92 Å². The van der Waals surface area contributed by atoms with E-state index in [4.69, 9.17) is 4.42 Å². The maximum Gasteiger partial charge on any atom is 0.225 e. The summed E-state index contributed by atoms with van der Waals surface area (Å²) in [5.74, 6) is 1.15. The Morgan fingerprint density at radius 1 is 1.29 bits per heavy atom. The van der Waals surface area contributed by atoms with E-state index in [9.17, 15) is 9.90 Å². The fourth-order valence-corrected chi connectivity index (χ4v) is 3.81. The average molecular weight is 291 g/mol. The Balaban J connectivity index is 1.60. The maximum absolute atomic E-state index is 12.7. The lowest BCUT2D eigenvalue weighted by Crippen LogP contribution is -2.40. The van der Waals surface area contributed by atoms with Crippen LogP contribution in [0.5, 0.6) is 0 Å². The fraction of sp³-hybridized carbons (Fsp3) is 0.706. The summed E-state index contributed by atoms with van der Waals surface area (Å²) in [5.41, 5.74) is 0. The molecule has 3 rings (SSSR count).